The van der Waals surface area contributed by atoms with E-state index in [1.807, 2.05) is 24.1 Å². The Hall–Kier alpha value is -1.44. The zero-order valence-electron chi connectivity index (χ0n) is 13.6. The first-order valence-corrected chi connectivity index (χ1v) is 8.48. The van der Waals surface area contributed by atoms with Gasteiger partial charge in [0.2, 0.25) is 0 Å². The molecule has 3 aliphatic heterocycles. The summed E-state index contributed by atoms with van der Waals surface area (Å²) in [4.78, 5) is 20.5. The fourth-order valence-electron chi connectivity index (χ4n) is 4.03. The van der Waals surface area contributed by atoms with E-state index >= 15 is 0 Å². The third-order valence-electron chi connectivity index (χ3n) is 5.11. The average molecular weight is 320 g/mol. The van der Waals surface area contributed by atoms with Crippen LogP contribution in [0.4, 0.5) is 0 Å². The molecule has 3 saturated heterocycles. The van der Waals surface area contributed by atoms with Gasteiger partial charge in [0.05, 0.1) is 31.4 Å². The highest BCUT2D eigenvalue weighted by Gasteiger charge is 2.43. The maximum atomic E-state index is 12.7. The van der Waals surface area contributed by atoms with Gasteiger partial charge in [-0.25, -0.2) is 5.06 Å². The Bertz CT molecular complexity index is 569. The van der Waals surface area contributed by atoms with E-state index in [0.29, 0.717) is 19.2 Å². The maximum Gasteiger partial charge on any atom is 0.250 e. The van der Waals surface area contributed by atoms with Crippen LogP contribution in [0, 0.1) is 5.92 Å². The number of hydroxylamine groups is 2. The SMILES string of the molecule is Cn1cc(CN2C[C@H](C(=O)N3CCCO3)C[C@@H]3OCC[C@@H]32)cn1. The molecular formula is C16H24N4O3. The monoisotopic (exact) mass is 320 g/mol. The van der Waals surface area contributed by atoms with Crippen LogP contribution in [0.25, 0.3) is 0 Å². The van der Waals surface area contributed by atoms with Gasteiger partial charge in [-0.1, -0.05) is 0 Å². The second-order valence-electron chi connectivity index (χ2n) is 6.78. The minimum absolute atomic E-state index is 0.0379. The summed E-state index contributed by atoms with van der Waals surface area (Å²) < 4.78 is 7.72. The molecule has 23 heavy (non-hydrogen) atoms. The summed E-state index contributed by atoms with van der Waals surface area (Å²) in [5.41, 5.74) is 1.18. The summed E-state index contributed by atoms with van der Waals surface area (Å²) in [6.45, 7) is 3.76. The number of aryl methyl sites for hydroxylation is 1. The van der Waals surface area contributed by atoms with Gasteiger partial charge in [-0.05, 0) is 19.3 Å². The summed E-state index contributed by atoms with van der Waals surface area (Å²) >= 11 is 0. The Balaban J connectivity index is 1.48. The molecule has 4 rings (SSSR count). The number of carbonyl (C=O) groups excluding carboxylic acids is 1. The summed E-state index contributed by atoms with van der Waals surface area (Å²) in [6, 6.07) is 0.416. The largest absolute Gasteiger partial charge is 0.377 e. The van der Waals surface area contributed by atoms with Gasteiger partial charge < -0.3 is 4.74 Å². The van der Waals surface area contributed by atoms with Crippen molar-refractivity contribution in [3.8, 4) is 0 Å². The second kappa shape index (κ2) is 6.22. The molecule has 0 aromatic carbocycles. The highest BCUT2D eigenvalue weighted by Crippen LogP contribution is 2.33. The summed E-state index contributed by atoms with van der Waals surface area (Å²) in [6.07, 6.45) is 6.90. The van der Waals surface area contributed by atoms with Gasteiger partial charge in [0.15, 0.2) is 0 Å². The summed E-state index contributed by atoms with van der Waals surface area (Å²) in [7, 11) is 1.93. The van der Waals surface area contributed by atoms with Crippen LogP contribution < -0.4 is 0 Å². The predicted molar refractivity (Wildman–Crippen MR) is 82.2 cm³/mol. The molecule has 0 bridgehead atoms. The van der Waals surface area contributed by atoms with Crippen molar-refractivity contribution < 1.29 is 14.4 Å². The average Bonchev–Trinajstić information content (AvgIpc) is 3.27. The number of nitrogens with zero attached hydrogens (tertiary/aromatic N) is 4. The smallest absolute Gasteiger partial charge is 0.250 e. The number of hydrogen-bond donors (Lipinski definition) is 0. The highest BCUT2D eigenvalue weighted by atomic mass is 16.7. The molecule has 0 radical (unpaired) electrons. The Morgan fingerprint density at radius 3 is 3.09 bits per heavy atom. The van der Waals surface area contributed by atoms with E-state index in [1.54, 1.807) is 5.06 Å². The van der Waals surface area contributed by atoms with Crippen molar-refractivity contribution in [2.75, 3.05) is 26.3 Å². The molecule has 3 aliphatic rings. The molecular weight excluding hydrogens is 296 g/mol. The lowest BCUT2D eigenvalue weighted by Gasteiger charge is -2.40. The number of piperidine rings is 1. The minimum Gasteiger partial charge on any atom is -0.377 e. The zero-order chi connectivity index (χ0) is 15.8. The van der Waals surface area contributed by atoms with Crippen molar-refractivity contribution in [2.24, 2.45) is 13.0 Å². The van der Waals surface area contributed by atoms with Gasteiger partial charge in [-0.15, -0.1) is 0 Å². The fraction of sp³-hybridized carbons (Fsp3) is 0.750. The van der Waals surface area contributed by atoms with Crippen LogP contribution >= 0.6 is 0 Å². The van der Waals surface area contributed by atoms with Gasteiger partial charge >= 0.3 is 0 Å². The number of carbonyl (C=O) groups is 1. The number of aromatic nitrogens is 2. The predicted octanol–water partition coefficient (Wildman–Crippen LogP) is 0.563. The van der Waals surface area contributed by atoms with E-state index in [0.717, 1.165) is 39.0 Å². The fourth-order valence-corrected chi connectivity index (χ4v) is 4.03. The molecule has 1 amide bonds. The van der Waals surface area contributed by atoms with Crippen molar-refractivity contribution in [3.63, 3.8) is 0 Å². The molecule has 0 N–H and O–H groups in total. The molecule has 0 unspecified atom stereocenters. The van der Waals surface area contributed by atoms with Crippen molar-refractivity contribution >= 4 is 5.91 Å². The number of fused-ring (bicyclic) bond motifs is 1. The Kier molecular flexibility index (Phi) is 4.09. The first kappa shape index (κ1) is 15.1. The summed E-state index contributed by atoms with van der Waals surface area (Å²) in [5.74, 6) is 0.0803. The Labute approximate surface area is 136 Å². The van der Waals surface area contributed by atoms with Crippen LogP contribution in [0.1, 0.15) is 24.8 Å². The number of amides is 1. The van der Waals surface area contributed by atoms with Crippen LogP contribution in [-0.4, -0.2) is 64.1 Å². The van der Waals surface area contributed by atoms with Crippen molar-refractivity contribution in [1.29, 1.82) is 0 Å². The van der Waals surface area contributed by atoms with Crippen LogP contribution in [-0.2, 0) is 28.0 Å². The molecule has 1 aromatic heterocycles. The lowest BCUT2D eigenvalue weighted by Crippen LogP contribution is -2.52. The third kappa shape index (κ3) is 3.00. The summed E-state index contributed by atoms with van der Waals surface area (Å²) in [5, 5.41) is 5.81. The number of rotatable bonds is 3. The van der Waals surface area contributed by atoms with E-state index in [2.05, 4.69) is 10.00 Å². The molecule has 126 valence electrons. The third-order valence-corrected chi connectivity index (χ3v) is 5.11. The molecule has 1 aromatic rings. The molecule has 0 spiro atoms. The van der Waals surface area contributed by atoms with Crippen LogP contribution in [0.3, 0.4) is 0 Å². The van der Waals surface area contributed by atoms with Crippen LogP contribution in [0.2, 0.25) is 0 Å². The minimum atomic E-state index is -0.0379. The first-order valence-electron chi connectivity index (χ1n) is 8.48. The van der Waals surface area contributed by atoms with Crippen molar-refractivity contribution in [2.45, 2.75) is 38.0 Å². The lowest BCUT2D eigenvalue weighted by atomic mass is 9.89. The number of ether oxygens (including phenoxy) is 1. The Morgan fingerprint density at radius 2 is 2.35 bits per heavy atom. The standard InChI is InChI=1S/C16H24N4O3/c1-18-9-12(8-17-18)10-19-11-13(7-15-14(19)3-6-22-15)16(21)20-4-2-5-23-20/h8-9,13-15H,2-7,10-11H2,1H3/t13-,14+,15+/m1/s1. The quantitative estimate of drug-likeness (QED) is 0.815. The van der Waals surface area contributed by atoms with Crippen LogP contribution in [0.5, 0.6) is 0 Å². The molecule has 7 heteroatoms. The lowest BCUT2D eigenvalue weighted by molar-refractivity contribution is -0.177. The van der Waals surface area contributed by atoms with E-state index < -0.39 is 0 Å². The molecule has 7 nitrogen and oxygen atoms in total. The zero-order valence-corrected chi connectivity index (χ0v) is 13.6. The molecule has 0 saturated carbocycles. The van der Waals surface area contributed by atoms with Gasteiger partial charge in [0, 0.05) is 44.5 Å². The Morgan fingerprint density at radius 1 is 1.43 bits per heavy atom. The topological polar surface area (TPSA) is 59.8 Å². The number of likely N-dealkylation sites (tertiary alicyclic amines) is 1. The van der Waals surface area contributed by atoms with Gasteiger partial charge in [-0.2, -0.15) is 5.10 Å². The first-order chi connectivity index (χ1) is 11.2. The van der Waals surface area contributed by atoms with E-state index in [-0.39, 0.29) is 17.9 Å². The molecule has 3 fully saturated rings. The van der Waals surface area contributed by atoms with E-state index in [1.165, 1.54) is 5.56 Å². The van der Waals surface area contributed by atoms with E-state index in [4.69, 9.17) is 9.57 Å². The van der Waals surface area contributed by atoms with Crippen molar-refractivity contribution in [1.82, 2.24) is 19.7 Å². The molecule has 4 heterocycles. The highest BCUT2D eigenvalue weighted by molar-refractivity contribution is 5.78. The number of hydrogen-bond acceptors (Lipinski definition) is 5. The van der Waals surface area contributed by atoms with E-state index in [9.17, 15) is 4.79 Å². The second-order valence-corrected chi connectivity index (χ2v) is 6.78. The van der Waals surface area contributed by atoms with Gasteiger partial charge in [0.1, 0.15) is 0 Å². The maximum absolute atomic E-state index is 12.7. The molecule has 3 atom stereocenters. The van der Waals surface area contributed by atoms with Gasteiger partial charge in [-0.3, -0.25) is 19.2 Å². The molecule has 0 aliphatic carbocycles. The van der Waals surface area contributed by atoms with Crippen LogP contribution in [0.15, 0.2) is 12.4 Å². The normalized spacial score (nSPS) is 31.5. The van der Waals surface area contributed by atoms with Crippen molar-refractivity contribution in [3.05, 3.63) is 18.0 Å². The van der Waals surface area contributed by atoms with Gasteiger partial charge in [0.25, 0.3) is 5.91 Å².